The number of hydrogen-bond donors (Lipinski definition) is 2. The first kappa shape index (κ1) is 23.4. The molecule has 4 aromatic rings. The molecule has 0 saturated heterocycles. The smallest absolute Gasteiger partial charge is 0.306 e. The number of fused-ring (bicyclic) bond motifs is 2. The first-order valence-electron chi connectivity index (χ1n) is 11.0. The third kappa shape index (κ3) is 4.78. The second-order valence-electron chi connectivity index (χ2n) is 8.95. The lowest BCUT2D eigenvalue weighted by molar-refractivity contribution is -0.143. The number of benzene rings is 2. The van der Waals surface area contributed by atoms with Crippen molar-refractivity contribution >= 4 is 38.4 Å². The minimum absolute atomic E-state index is 0.0692. The van der Waals surface area contributed by atoms with E-state index >= 15 is 0 Å². The van der Waals surface area contributed by atoms with Crippen molar-refractivity contribution in [1.82, 2.24) is 15.0 Å². The van der Waals surface area contributed by atoms with E-state index in [2.05, 4.69) is 16.4 Å². The zero-order valence-corrected chi connectivity index (χ0v) is 20.1. The normalized spacial score (nSPS) is 13.0. The number of aromatic nitrogens is 3. The van der Waals surface area contributed by atoms with Gasteiger partial charge in [-0.3, -0.25) is 4.79 Å². The molecule has 2 heterocycles. The zero-order valence-electron chi connectivity index (χ0n) is 19.3. The van der Waals surface area contributed by atoms with Crippen LogP contribution in [0.25, 0.3) is 21.1 Å². The van der Waals surface area contributed by atoms with Gasteiger partial charge in [0.2, 0.25) is 0 Å². The second kappa shape index (κ2) is 9.21. The van der Waals surface area contributed by atoms with Crippen LogP contribution in [0.1, 0.15) is 55.4 Å². The number of aliphatic hydroxyl groups is 2. The van der Waals surface area contributed by atoms with Crippen LogP contribution in [0.15, 0.2) is 35.7 Å². The van der Waals surface area contributed by atoms with Crippen molar-refractivity contribution in [3.05, 3.63) is 58.0 Å². The monoisotopic (exact) mass is 467 g/mol. The van der Waals surface area contributed by atoms with Crippen LogP contribution in [0.3, 0.4) is 0 Å². The van der Waals surface area contributed by atoms with Gasteiger partial charge in [-0.2, -0.15) is 0 Å². The Bertz CT molecular complexity index is 1300. The molecule has 0 fully saturated rings. The van der Waals surface area contributed by atoms with Crippen molar-refractivity contribution in [1.29, 1.82) is 0 Å². The molecule has 1 unspecified atom stereocenters. The summed E-state index contributed by atoms with van der Waals surface area (Å²) in [6, 6.07) is 10.0. The summed E-state index contributed by atoms with van der Waals surface area (Å²) in [6.07, 6.45) is 0.179. The Morgan fingerprint density at radius 1 is 1.27 bits per heavy atom. The van der Waals surface area contributed by atoms with E-state index in [-0.39, 0.29) is 24.9 Å². The van der Waals surface area contributed by atoms with Gasteiger partial charge in [-0.15, -0.1) is 16.4 Å². The number of hydrogen-bond acceptors (Lipinski definition) is 7. The third-order valence-corrected chi connectivity index (χ3v) is 6.80. The van der Waals surface area contributed by atoms with Crippen LogP contribution in [0.4, 0.5) is 0 Å². The van der Waals surface area contributed by atoms with Crippen molar-refractivity contribution in [2.45, 2.75) is 58.8 Å². The number of thiophene rings is 1. The van der Waals surface area contributed by atoms with Crippen molar-refractivity contribution < 1.29 is 19.7 Å². The van der Waals surface area contributed by atoms with Crippen molar-refractivity contribution in [2.75, 3.05) is 6.61 Å². The molecular weight excluding hydrogens is 438 g/mol. The molecule has 1 atom stereocenters. The summed E-state index contributed by atoms with van der Waals surface area (Å²) in [5, 5.41) is 31.9. The van der Waals surface area contributed by atoms with E-state index in [1.165, 1.54) is 0 Å². The summed E-state index contributed by atoms with van der Waals surface area (Å²) in [7, 11) is 0. The number of ether oxygens (including phenoxy) is 1. The van der Waals surface area contributed by atoms with Gasteiger partial charge in [-0.1, -0.05) is 17.3 Å². The Morgan fingerprint density at radius 2 is 2.06 bits per heavy atom. The summed E-state index contributed by atoms with van der Waals surface area (Å²) >= 11 is 1.60. The van der Waals surface area contributed by atoms with Crippen LogP contribution >= 0.6 is 11.3 Å². The molecule has 0 amide bonds. The van der Waals surface area contributed by atoms with Crippen LogP contribution in [-0.2, 0) is 22.7 Å². The molecule has 2 aromatic carbocycles. The van der Waals surface area contributed by atoms with E-state index in [1.54, 1.807) is 36.8 Å². The highest BCUT2D eigenvalue weighted by atomic mass is 32.1. The summed E-state index contributed by atoms with van der Waals surface area (Å²) in [4.78, 5) is 12.6. The van der Waals surface area contributed by atoms with Gasteiger partial charge in [0.15, 0.2) is 0 Å². The van der Waals surface area contributed by atoms with E-state index in [4.69, 9.17) is 4.74 Å². The number of carbonyl (C=O) groups is 1. The van der Waals surface area contributed by atoms with E-state index < -0.39 is 5.60 Å². The van der Waals surface area contributed by atoms with E-state index in [0.717, 1.165) is 43.4 Å². The number of carbonyl (C=O) groups excluding carboxylic acids is 1. The standard InChI is InChI=1S/C25H29N3O4S/c1-5-32-22(30)12-20(17-10-16-8-9-33-24(16)18(11-17)13-29)19-6-7-21-23(15(19)2)26-27-28(21)14-25(3,4)31/h6-11,20,29,31H,5,12-14H2,1-4H3. The lowest BCUT2D eigenvalue weighted by atomic mass is 9.84. The Kier molecular flexibility index (Phi) is 6.52. The largest absolute Gasteiger partial charge is 0.466 e. The summed E-state index contributed by atoms with van der Waals surface area (Å²) < 4.78 is 8.04. The van der Waals surface area contributed by atoms with Gasteiger partial charge in [0.1, 0.15) is 5.52 Å². The van der Waals surface area contributed by atoms with Crippen LogP contribution in [0.5, 0.6) is 0 Å². The van der Waals surface area contributed by atoms with Crippen molar-refractivity contribution in [2.24, 2.45) is 0 Å². The molecular formula is C25H29N3O4S. The number of rotatable bonds is 8. The van der Waals surface area contributed by atoms with Gasteiger partial charge in [0.05, 0.1) is 37.3 Å². The summed E-state index contributed by atoms with van der Waals surface area (Å²) in [5.74, 6) is -0.536. The topological polar surface area (TPSA) is 97.5 Å². The molecule has 0 saturated carbocycles. The lowest BCUT2D eigenvalue weighted by Gasteiger charge is -2.21. The molecule has 8 heteroatoms. The zero-order chi connectivity index (χ0) is 23.8. The Morgan fingerprint density at radius 3 is 2.76 bits per heavy atom. The molecule has 0 spiro atoms. The minimum atomic E-state index is -0.920. The molecule has 2 N–H and O–H groups in total. The van der Waals surface area contributed by atoms with Crippen LogP contribution < -0.4 is 0 Å². The fraction of sp³-hybridized carbons (Fsp3) is 0.400. The quantitative estimate of drug-likeness (QED) is 0.375. The molecule has 2 aromatic heterocycles. The molecule has 0 aliphatic carbocycles. The highest BCUT2D eigenvalue weighted by Crippen LogP contribution is 2.37. The predicted molar refractivity (Wildman–Crippen MR) is 129 cm³/mol. The second-order valence-corrected chi connectivity index (χ2v) is 9.86. The Balaban J connectivity index is 1.84. The molecule has 0 aliphatic rings. The van der Waals surface area contributed by atoms with Crippen molar-refractivity contribution in [3.63, 3.8) is 0 Å². The number of nitrogens with zero attached hydrogens (tertiary/aromatic N) is 3. The van der Waals surface area contributed by atoms with Gasteiger partial charge in [0, 0.05) is 10.6 Å². The van der Waals surface area contributed by atoms with Gasteiger partial charge in [-0.25, -0.2) is 4.68 Å². The molecule has 0 radical (unpaired) electrons. The fourth-order valence-electron chi connectivity index (χ4n) is 4.34. The highest BCUT2D eigenvalue weighted by molar-refractivity contribution is 7.17. The van der Waals surface area contributed by atoms with Crippen LogP contribution in [-0.4, -0.2) is 43.4 Å². The van der Waals surface area contributed by atoms with Crippen LogP contribution in [0.2, 0.25) is 0 Å². The maximum atomic E-state index is 12.6. The summed E-state index contributed by atoms with van der Waals surface area (Å²) in [6.45, 7) is 7.82. The Hall–Kier alpha value is -2.81. The SMILES string of the molecule is CCOC(=O)CC(c1cc(CO)c2sccc2c1)c1ccc2c(nnn2CC(C)(C)O)c1C. The first-order valence-corrected chi connectivity index (χ1v) is 11.9. The number of esters is 1. The molecule has 33 heavy (non-hydrogen) atoms. The third-order valence-electron chi connectivity index (χ3n) is 5.79. The molecule has 0 bridgehead atoms. The summed E-state index contributed by atoms with van der Waals surface area (Å²) in [5.41, 5.74) is 4.34. The van der Waals surface area contributed by atoms with E-state index in [0.29, 0.717) is 13.2 Å². The highest BCUT2D eigenvalue weighted by Gasteiger charge is 2.25. The number of aliphatic hydroxyl groups excluding tert-OH is 1. The average molecular weight is 468 g/mol. The van der Waals surface area contributed by atoms with Gasteiger partial charge in [0.25, 0.3) is 0 Å². The number of aryl methyl sites for hydroxylation is 1. The van der Waals surface area contributed by atoms with Crippen molar-refractivity contribution in [3.8, 4) is 0 Å². The molecule has 7 nitrogen and oxygen atoms in total. The minimum Gasteiger partial charge on any atom is -0.466 e. The molecule has 174 valence electrons. The fourth-order valence-corrected chi connectivity index (χ4v) is 5.23. The van der Waals surface area contributed by atoms with E-state index in [9.17, 15) is 15.0 Å². The van der Waals surface area contributed by atoms with E-state index in [1.807, 2.05) is 36.6 Å². The molecule has 4 rings (SSSR count). The van der Waals surface area contributed by atoms with Gasteiger partial charge >= 0.3 is 5.97 Å². The van der Waals surface area contributed by atoms with Gasteiger partial charge < -0.3 is 14.9 Å². The first-order chi connectivity index (χ1) is 15.7. The molecule has 0 aliphatic heterocycles. The average Bonchev–Trinajstić information content (AvgIpc) is 3.38. The predicted octanol–water partition coefficient (Wildman–Crippen LogP) is 4.30. The lowest BCUT2D eigenvalue weighted by Crippen LogP contribution is -2.26. The Labute approximate surface area is 196 Å². The van der Waals surface area contributed by atoms with Crippen LogP contribution in [0, 0.1) is 6.92 Å². The van der Waals surface area contributed by atoms with Gasteiger partial charge in [-0.05, 0) is 78.9 Å². The maximum Gasteiger partial charge on any atom is 0.306 e. The maximum absolute atomic E-state index is 12.6.